The van der Waals surface area contributed by atoms with Gasteiger partial charge in [0.2, 0.25) is 5.88 Å². The fourth-order valence-corrected chi connectivity index (χ4v) is 2.34. The van der Waals surface area contributed by atoms with Gasteiger partial charge in [0.25, 0.3) is 5.91 Å². The lowest BCUT2D eigenvalue weighted by Crippen LogP contribution is -2.28. The van der Waals surface area contributed by atoms with Gasteiger partial charge in [-0.1, -0.05) is 6.07 Å². The van der Waals surface area contributed by atoms with Crippen LogP contribution in [0.25, 0.3) is 11.5 Å². The van der Waals surface area contributed by atoms with Crippen molar-refractivity contribution in [2.75, 3.05) is 19.1 Å². The minimum absolute atomic E-state index is 0.174. The molecule has 3 aromatic rings. The number of anilines is 1. The molecule has 0 saturated carbocycles. The Morgan fingerprint density at radius 3 is 2.75 bits per heavy atom. The van der Waals surface area contributed by atoms with E-state index in [1.807, 2.05) is 18.2 Å². The Morgan fingerprint density at radius 1 is 1.21 bits per heavy atom. The lowest BCUT2D eigenvalue weighted by atomic mass is 10.3. The molecule has 3 aromatic heterocycles. The molecule has 0 radical (unpaired) electrons. The van der Waals surface area contributed by atoms with Crippen LogP contribution in [0.1, 0.15) is 10.5 Å². The van der Waals surface area contributed by atoms with Gasteiger partial charge in [-0.15, -0.1) is 0 Å². The second kappa shape index (κ2) is 6.49. The smallest absolute Gasteiger partial charge is 0.276 e. The molecule has 7 heteroatoms. The van der Waals surface area contributed by atoms with E-state index in [1.165, 1.54) is 4.90 Å². The third-order valence-corrected chi connectivity index (χ3v) is 3.71. The first kappa shape index (κ1) is 15.7. The zero-order valence-corrected chi connectivity index (χ0v) is 13.7. The van der Waals surface area contributed by atoms with Crippen molar-refractivity contribution in [1.29, 1.82) is 0 Å². The molecule has 0 aliphatic heterocycles. The first-order chi connectivity index (χ1) is 11.6. The maximum absolute atomic E-state index is 12.7. The molecule has 0 bridgehead atoms. The van der Waals surface area contributed by atoms with E-state index in [2.05, 4.69) is 15.0 Å². The number of rotatable bonds is 4. The summed E-state index contributed by atoms with van der Waals surface area (Å²) in [5.74, 6) is 0.917. The summed E-state index contributed by atoms with van der Waals surface area (Å²) in [6.07, 6.45) is 4.85. The van der Waals surface area contributed by atoms with Crippen molar-refractivity contribution in [3.63, 3.8) is 0 Å². The number of hydrogen-bond acceptors (Lipinski definition) is 5. The number of hydrogen-bond donors (Lipinski definition) is 0. The summed E-state index contributed by atoms with van der Waals surface area (Å²) in [5, 5.41) is 0. The van der Waals surface area contributed by atoms with Gasteiger partial charge in [0, 0.05) is 26.4 Å². The predicted octanol–water partition coefficient (Wildman–Crippen LogP) is 2.16. The van der Waals surface area contributed by atoms with Crippen molar-refractivity contribution in [1.82, 2.24) is 19.5 Å². The first-order valence-electron chi connectivity index (χ1n) is 7.33. The van der Waals surface area contributed by atoms with Gasteiger partial charge in [-0.3, -0.25) is 9.78 Å². The van der Waals surface area contributed by atoms with Crippen molar-refractivity contribution < 1.29 is 9.53 Å². The van der Waals surface area contributed by atoms with E-state index < -0.39 is 0 Å². The van der Waals surface area contributed by atoms with E-state index in [9.17, 15) is 4.79 Å². The van der Waals surface area contributed by atoms with Crippen molar-refractivity contribution in [2.45, 2.75) is 0 Å². The van der Waals surface area contributed by atoms with Crippen molar-refractivity contribution >= 4 is 11.6 Å². The number of carbonyl (C=O) groups excluding carboxylic acids is 1. The van der Waals surface area contributed by atoms with Gasteiger partial charge in [0.15, 0.2) is 5.82 Å². The highest BCUT2D eigenvalue weighted by molar-refractivity contribution is 6.04. The number of methoxy groups -OCH3 is 1. The van der Waals surface area contributed by atoms with Crippen LogP contribution in [-0.4, -0.2) is 39.6 Å². The van der Waals surface area contributed by atoms with Crippen LogP contribution in [0.3, 0.4) is 0 Å². The Morgan fingerprint density at radius 2 is 2.04 bits per heavy atom. The second-order valence-electron chi connectivity index (χ2n) is 5.17. The lowest BCUT2D eigenvalue weighted by molar-refractivity contribution is 0.0985. The topological polar surface area (TPSA) is 73.1 Å². The van der Waals surface area contributed by atoms with Gasteiger partial charge in [-0.2, -0.15) is 0 Å². The molecule has 7 nitrogen and oxygen atoms in total. The molecule has 3 heterocycles. The van der Waals surface area contributed by atoms with Crippen LogP contribution in [0.15, 0.2) is 48.9 Å². The average Bonchev–Trinajstić information content (AvgIpc) is 3.02. The van der Waals surface area contributed by atoms with Crippen LogP contribution < -0.4 is 9.64 Å². The molecule has 0 aliphatic carbocycles. The zero-order chi connectivity index (χ0) is 17.1. The third kappa shape index (κ3) is 2.83. The highest BCUT2D eigenvalue weighted by Gasteiger charge is 2.20. The molecule has 0 atom stereocenters. The monoisotopic (exact) mass is 323 g/mol. The normalized spacial score (nSPS) is 10.5. The van der Waals surface area contributed by atoms with E-state index in [0.717, 1.165) is 0 Å². The van der Waals surface area contributed by atoms with E-state index in [1.54, 1.807) is 56.5 Å². The number of aromatic nitrogens is 4. The highest BCUT2D eigenvalue weighted by Crippen LogP contribution is 2.21. The number of imidazole rings is 1. The Balaban J connectivity index is 1.93. The number of ether oxygens (including phenoxy) is 1. The molecule has 3 rings (SSSR count). The van der Waals surface area contributed by atoms with Gasteiger partial charge in [-0.05, 0) is 18.2 Å². The molecule has 0 aromatic carbocycles. The lowest BCUT2D eigenvalue weighted by Gasteiger charge is -2.17. The maximum Gasteiger partial charge on any atom is 0.276 e. The van der Waals surface area contributed by atoms with Crippen LogP contribution in [0.4, 0.5) is 5.69 Å². The van der Waals surface area contributed by atoms with Crippen LogP contribution in [0.2, 0.25) is 0 Å². The SMILES string of the molecule is COc1cccc(-c2ncc(C(=O)N(C)c3cccnc3)n2C)n1. The maximum atomic E-state index is 12.7. The molecule has 0 saturated heterocycles. The van der Waals surface area contributed by atoms with Gasteiger partial charge in [-0.25, -0.2) is 9.97 Å². The Hall–Kier alpha value is -3.22. The van der Waals surface area contributed by atoms with Crippen molar-refractivity contribution in [3.05, 3.63) is 54.6 Å². The second-order valence-corrected chi connectivity index (χ2v) is 5.17. The van der Waals surface area contributed by atoms with Gasteiger partial charge in [0.05, 0.1) is 25.2 Å². The molecular formula is C17H17N5O2. The summed E-state index contributed by atoms with van der Waals surface area (Å²) in [6, 6.07) is 9.03. The van der Waals surface area contributed by atoms with E-state index >= 15 is 0 Å². The molecular weight excluding hydrogens is 306 g/mol. The first-order valence-corrected chi connectivity index (χ1v) is 7.33. The number of carbonyl (C=O) groups is 1. The standard InChI is InChI=1S/C17H17N5O2/c1-21(12-6-5-9-18-10-12)17(23)14-11-19-16(22(14)2)13-7-4-8-15(20-13)24-3/h4-11H,1-3H3. The van der Waals surface area contributed by atoms with E-state index in [0.29, 0.717) is 28.8 Å². The molecule has 0 aliphatic rings. The Labute approximate surface area is 139 Å². The molecule has 0 N–H and O–H groups in total. The largest absolute Gasteiger partial charge is 0.481 e. The summed E-state index contributed by atoms with van der Waals surface area (Å²) in [7, 11) is 5.05. The summed E-state index contributed by atoms with van der Waals surface area (Å²) < 4.78 is 6.86. The molecule has 0 unspecified atom stereocenters. The van der Waals surface area contributed by atoms with E-state index in [4.69, 9.17) is 4.74 Å². The number of pyridine rings is 2. The minimum Gasteiger partial charge on any atom is -0.481 e. The molecule has 0 spiro atoms. The average molecular weight is 323 g/mol. The fourth-order valence-electron chi connectivity index (χ4n) is 2.34. The Bertz CT molecular complexity index is 860. The molecule has 1 amide bonds. The predicted molar refractivity (Wildman–Crippen MR) is 90.0 cm³/mol. The summed E-state index contributed by atoms with van der Waals surface area (Å²) in [6.45, 7) is 0. The number of nitrogens with zero attached hydrogens (tertiary/aromatic N) is 5. The highest BCUT2D eigenvalue weighted by atomic mass is 16.5. The van der Waals surface area contributed by atoms with Gasteiger partial charge < -0.3 is 14.2 Å². The number of amides is 1. The fraction of sp³-hybridized carbons (Fsp3) is 0.176. The molecule has 122 valence electrons. The Kier molecular flexibility index (Phi) is 4.24. The van der Waals surface area contributed by atoms with Crippen LogP contribution in [0, 0.1) is 0 Å². The zero-order valence-electron chi connectivity index (χ0n) is 13.7. The van der Waals surface area contributed by atoms with E-state index in [-0.39, 0.29) is 5.91 Å². The van der Waals surface area contributed by atoms with Crippen LogP contribution in [0.5, 0.6) is 5.88 Å². The van der Waals surface area contributed by atoms with Gasteiger partial charge >= 0.3 is 0 Å². The van der Waals surface area contributed by atoms with Crippen molar-refractivity contribution in [2.24, 2.45) is 7.05 Å². The van der Waals surface area contributed by atoms with Crippen LogP contribution in [-0.2, 0) is 7.05 Å². The molecule has 24 heavy (non-hydrogen) atoms. The quantitative estimate of drug-likeness (QED) is 0.735. The summed E-state index contributed by atoms with van der Waals surface area (Å²) >= 11 is 0. The van der Waals surface area contributed by atoms with Crippen molar-refractivity contribution in [3.8, 4) is 17.4 Å². The summed E-state index contributed by atoms with van der Waals surface area (Å²) in [4.78, 5) is 27.0. The third-order valence-electron chi connectivity index (χ3n) is 3.71. The molecule has 0 fully saturated rings. The van der Waals surface area contributed by atoms with Gasteiger partial charge in [0.1, 0.15) is 11.4 Å². The summed E-state index contributed by atoms with van der Waals surface area (Å²) in [5.41, 5.74) is 1.81. The minimum atomic E-state index is -0.174. The van der Waals surface area contributed by atoms with Crippen LogP contribution >= 0.6 is 0 Å².